The van der Waals surface area contributed by atoms with Gasteiger partial charge in [-0.1, -0.05) is 25.1 Å². The minimum absolute atomic E-state index is 0.130. The zero-order chi connectivity index (χ0) is 20.0. The molecule has 0 aliphatic carbocycles. The first kappa shape index (κ1) is 20.4. The number of amides is 1. The Bertz CT molecular complexity index is 830. The Morgan fingerprint density at radius 1 is 1.07 bits per heavy atom. The van der Waals surface area contributed by atoms with Crippen LogP contribution in [0.15, 0.2) is 30.3 Å². The zero-order valence-electron chi connectivity index (χ0n) is 15.5. The van der Waals surface area contributed by atoms with Gasteiger partial charge in [-0.2, -0.15) is 0 Å². The first-order valence-electron chi connectivity index (χ1n) is 8.25. The number of hydrogen-bond acceptors (Lipinski definition) is 7. The highest BCUT2D eigenvalue weighted by molar-refractivity contribution is 7.18. The van der Waals surface area contributed by atoms with Crippen molar-refractivity contribution in [3.05, 3.63) is 46.3 Å². The minimum Gasteiger partial charge on any atom is -0.481 e. The maximum atomic E-state index is 12.7. The number of nitrogens with one attached hydrogen (secondary N) is 1. The number of anilines is 1. The van der Waals surface area contributed by atoms with E-state index in [1.807, 2.05) is 13.0 Å². The highest BCUT2D eigenvalue weighted by atomic mass is 32.1. The first-order valence-corrected chi connectivity index (χ1v) is 9.07. The smallest absolute Gasteiger partial charge is 0.348 e. The molecular weight excluding hydrogens is 370 g/mol. The van der Waals surface area contributed by atoms with E-state index in [0.717, 1.165) is 11.3 Å². The lowest BCUT2D eigenvalue weighted by atomic mass is 10.1. The van der Waals surface area contributed by atoms with Gasteiger partial charge < -0.3 is 19.5 Å². The number of rotatable bonds is 7. The van der Waals surface area contributed by atoms with Crippen LogP contribution in [0.3, 0.4) is 0 Å². The molecule has 0 bridgehead atoms. The zero-order valence-corrected chi connectivity index (χ0v) is 16.3. The van der Waals surface area contributed by atoms with E-state index in [4.69, 9.17) is 14.2 Å². The Morgan fingerprint density at radius 3 is 2.26 bits per heavy atom. The molecule has 0 aliphatic rings. The van der Waals surface area contributed by atoms with Crippen LogP contribution in [0.4, 0.5) is 5.00 Å². The second-order valence-electron chi connectivity index (χ2n) is 5.56. The summed E-state index contributed by atoms with van der Waals surface area (Å²) in [5.74, 6) is -1.10. The fraction of sp³-hybridized carbons (Fsp3) is 0.316. The van der Waals surface area contributed by atoms with E-state index >= 15 is 0 Å². The van der Waals surface area contributed by atoms with E-state index in [9.17, 15) is 14.4 Å². The van der Waals surface area contributed by atoms with E-state index in [0.29, 0.717) is 17.7 Å². The summed E-state index contributed by atoms with van der Waals surface area (Å²) in [6.07, 6.45) is -0.343. The Labute approximate surface area is 161 Å². The predicted octanol–water partition coefficient (Wildman–Crippen LogP) is 3.43. The molecule has 27 heavy (non-hydrogen) atoms. The molecular formula is C19H21NO6S. The molecule has 1 atom stereocenters. The molecule has 144 valence electrons. The third kappa shape index (κ3) is 4.65. The molecule has 2 rings (SSSR count). The number of hydrogen-bond donors (Lipinski definition) is 1. The number of thiophene rings is 1. The van der Waals surface area contributed by atoms with E-state index in [2.05, 4.69) is 5.32 Å². The molecule has 8 heteroatoms. The van der Waals surface area contributed by atoms with Crippen molar-refractivity contribution in [1.29, 1.82) is 0 Å². The maximum absolute atomic E-state index is 12.7. The van der Waals surface area contributed by atoms with Crippen molar-refractivity contribution in [3.8, 4) is 5.75 Å². The molecule has 0 unspecified atom stereocenters. The molecule has 1 aromatic carbocycles. The summed E-state index contributed by atoms with van der Waals surface area (Å²) in [5.41, 5.74) is 0.525. The lowest BCUT2D eigenvalue weighted by Crippen LogP contribution is -2.32. The molecule has 0 spiro atoms. The third-order valence-electron chi connectivity index (χ3n) is 3.83. The van der Waals surface area contributed by atoms with E-state index in [-0.39, 0.29) is 15.4 Å². The van der Waals surface area contributed by atoms with Gasteiger partial charge >= 0.3 is 11.9 Å². The average Bonchev–Trinajstić information content (AvgIpc) is 3.01. The number of ether oxygens (including phenoxy) is 3. The summed E-state index contributed by atoms with van der Waals surface area (Å²) in [4.78, 5) is 37.0. The van der Waals surface area contributed by atoms with Crippen molar-refractivity contribution in [2.24, 2.45) is 0 Å². The van der Waals surface area contributed by atoms with Crippen LogP contribution in [0.2, 0.25) is 0 Å². The number of esters is 2. The summed E-state index contributed by atoms with van der Waals surface area (Å²) in [7, 11) is 2.48. The van der Waals surface area contributed by atoms with Crippen LogP contribution >= 0.6 is 11.3 Å². The molecule has 0 aliphatic heterocycles. The second-order valence-corrected chi connectivity index (χ2v) is 6.58. The summed E-state index contributed by atoms with van der Waals surface area (Å²) in [6, 6.07) is 8.96. The summed E-state index contributed by atoms with van der Waals surface area (Å²) in [6.45, 7) is 3.41. The minimum atomic E-state index is -0.762. The van der Waals surface area contributed by atoms with Crippen molar-refractivity contribution < 1.29 is 28.6 Å². The fourth-order valence-electron chi connectivity index (χ4n) is 2.41. The van der Waals surface area contributed by atoms with Crippen molar-refractivity contribution in [2.45, 2.75) is 26.4 Å². The average molecular weight is 391 g/mol. The highest BCUT2D eigenvalue weighted by Gasteiger charge is 2.28. The van der Waals surface area contributed by atoms with E-state index in [1.165, 1.54) is 14.2 Å². The van der Waals surface area contributed by atoms with Gasteiger partial charge in [-0.25, -0.2) is 9.59 Å². The molecule has 0 radical (unpaired) electrons. The van der Waals surface area contributed by atoms with Crippen molar-refractivity contribution in [1.82, 2.24) is 0 Å². The third-order valence-corrected chi connectivity index (χ3v) is 5.02. The quantitative estimate of drug-likeness (QED) is 0.727. The van der Waals surface area contributed by atoms with Crippen LogP contribution < -0.4 is 10.1 Å². The first-order chi connectivity index (χ1) is 12.9. The Morgan fingerprint density at radius 2 is 1.70 bits per heavy atom. The van der Waals surface area contributed by atoms with Crippen molar-refractivity contribution in [2.75, 3.05) is 19.5 Å². The van der Waals surface area contributed by atoms with Crippen LogP contribution in [-0.2, 0) is 14.3 Å². The number of carbonyl (C=O) groups is 3. The van der Waals surface area contributed by atoms with Gasteiger partial charge in [-0.05, 0) is 31.0 Å². The highest BCUT2D eigenvalue weighted by Crippen LogP contribution is 2.34. The lowest BCUT2D eigenvalue weighted by Gasteiger charge is -2.17. The van der Waals surface area contributed by atoms with Gasteiger partial charge in [0.25, 0.3) is 5.91 Å². The second kappa shape index (κ2) is 9.18. The van der Waals surface area contributed by atoms with Crippen LogP contribution in [0.5, 0.6) is 5.75 Å². The van der Waals surface area contributed by atoms with Crippen LogP contribution in [0.1, 0.15) is 38.9 Å². The molecule has 2 aromatic rings. The molecule has 1 aromatic heterocycles. The van der Waals surface area contributed by atoms with Gasteiger partial charge in [0.2, 0.25) is 0 Å². The number of benzene rings is 1. The number of methoxy groups -OCH3 is 2. The van der Waals surface area contributed by atoms with E-state index < -0.39 is 23.9 Å². The van der Waals surface area contributed by atoms with Gasteiger partial charge in [0.05, 0.1) is 19.8 Å². The molecule has 1 amide bonds. The van der Waals surface area contributed by atoms with Gasteiger partial charge in [0.1, 0.15) is 15.6 Å². The van der Waals surface area contributed by atoms with Gasteiger partial charge in [0, 0.05) is 0 Å². The van der Waals surface area contributed by atoms with Gasteiger partial charge in [-0.15, -0.1) is 11.3 Å². The molecule has 0 fully saturated rings. The molecule has 0 saturated carbocycles. The molecule has 1 N–H and O–H groups in total. The Kier molecular flexibility index (Phi) is 6.95. The molecule has 1 heterocycles. The summed E-state index contributed by atoms with van der Waals surface area (Å²) < 4.78 is 15.2. The summed E-state index contributed by atoms with van der Waals surface area (Å²) in [5, 5.41) is 2.91. The van der Waals surface area contributed by atoms with Gasteiger partial charge in [-0.3, -0.25) is 4.79 Å². The van der Waals surface area contributed by atoms with Crippen LogP contribution in [0, 0.1) is 6.92 Å². The predicted molar refractivity (Wildman–Crippen MR) is 102 cm³/mol. The lowest BCUT2D eigenvalue weighted by molar-refractivity contribution is -0.122. The topological polar surface area (TPSA) is 90.9 Å². The van der Waals surface area contributed by atoms with Gasteiger partial charge in [0.15, 0.2) is 6.10 Å². The molecule has 7 nitrogen and oxygen atoms in total. The number of para-hydroxylation sites is 1. The number of carbonyl (C=O) groups excluding carboxylic acids is 3. The van der Waals surface area contributed by atoms with Crippen LogP contribution in [-0.4, -0.2) is 38.2 Å². The SMILES string of the molecule is CC[C@H](Oc1ccccc1)C(=O)Nc1sc(C(=O)OC)c(C)c1C(=O)OC. The van der Waals surface area contributed by atoms with E-state index in [1.54, 1.807) is 31.2 Å². The monoisotopic (exact) mass is 391 g/mol. The fourth-order valence-corrected chi connectivity index (χ4v) is 3.53. The maximum Gasteiger partial charge on any atom is 0.348 e. The Balaban J connectivity index is 2.29. The summed E-state index contributed by atoms with van der Waals surface area (Å²) >= 11 is 0.962. The standard InChI is InChI=1S/C19H21NO6S/c1-5-13(26-12-9-7-6-8-10-12)16(21)20-17-14(18(22)24-3)11(2)15(27-17)19(23)25-4/h6-10,13H,5H2,1-4H3,(H,20,21)/t13-/m0/s1. The van der Waals surface area contributed by atoms with Crippen molar-refractivity contribution in [3.63, 3.8) is 0 Å². The van der Waals surface area contributed by atoms with Crippen molar-refractivity contribution >= 4 is 34.2 Å². The largest absolute Gasteiger partial charge is 0.481 e. The van der Waals surface area contributed by atoms with Crippen LogP contribution in [0.25, 0.3) is 0 Å². The Hall–Kier alpha value is -2.87. The molecule has 0 saturated heterocycles. The normalized spacial score (nSPS) is 11.4.